The number of aliphatic hydroxyl groups excluding tert-OH is 1. The van der Waals surface area contributed by atoms with Gasteiger partial charge in [0.2, 0.25) is 0 Å². The van der Waals surface area contributed by atoms with Crippen LogP contribution in [0.15, 0.2) is 30.3 Å². The number of benzene rings is 1. The summed E-state index contributed by atoms with van der Waals surface area (Å²) >= 11 is 0. The van der Waals surface area contributed by atoms with Crippen LogP contribution < -0.4 is 0 Å². The van der Waals surface area contributed by atoms with E-state index < -0.39 is 8.07 Å². The Morgan fingerprint density at radius 2 is 1.58 bits per heavy atom. The SMILES string of the molecule is C[Si](C)(C)C(O)c1ccccc1. The first-order valence-electron chi connectivity index (χ1n) is 4.25. The number of aliphatic hydroxyl groups is 1. The predicted molar refractivity (Wildman–Crippen MR) is 54.7 cm³/mol. The molecule has 0 saturated carbocycles. The van der Waals surface area contributed by atoms with E-state index in [2.05, 4.69) is 19.6 Å². The Morgan fingerprint density at radius 3 is 2.00 bits per heavy atom. The minimum atomic E-state index is -1.45. The largest absolute Gasteiger partial charge is 0.392 e. The predicted octanol–water partition coefficient (Wildman–Crippen LogP) is 2.60. The van der Waals surface area contributed by atoms with Gasteiger partial charge in [0.15, 0.2) is 0 Å². The lowest BCUT2D eigenvalue weighted by atomic mass is 10.2. The van der Waals surface area contributed by atoms with Gasteiger partial charge in [-0.2, -0.15) is 0 Å². The molecule has 66 valence electrons. The second-order valence-corrected chi connectivity index (χ2v) is 9.46. The quantitative estimate of drug-likeness (QED) is 0.694. The van der Waals surface area contributed by atoms with E-state index in [1.165, 1.54) is 0 Å². The van der Waals surface area contributed by atoms with Crippen molar-refractivity contribution >= 4 is 8.07 Å². The van der Waals surface area contributed by atoms with E-state index in [4.69, 9.17) is 0 Å². The smallest absolute Gasteiger partial charge is 0.0838 e. The van der Waals surface area contributed by atoms with Gasteiger partial charge in [-0.15, -0.1) is 0 Å². The van der Waals surface area contributed by atoms with Gasteiger partial charge < -0.3 is 5.11 Å². The van der Waals surface area contributed by atoms with E-state index in [1.54, 1.807) is 0 Å². The van der Waals surface area contributed by atoms with Crippen molar-refractivity contribution < 1.29 is 5.11 Å². The van der Waals surface area contributed by atoms with E-state index in [-0.39, 0.29) is 5.73 Å². The van der Waals surface area contributed by atoms with Crippen LogP contribution in [0.25, 0.3) is 0 Å². The summed E-state index contributed by atoms with van der Waals surface area (Å²) in [5, 5.41) is 9.92. The van der Waals surface area contributed by atoms with Crippen molar-refractivity contribution in [2.24, 2.45) is 0 Å². The highest BCUT2D eigenvalue weighted by molar-refractivity contribution is 6.77. The molecule has 0 heterocycles. The van der Waals surface area contributed by atoms with Crippen LogP contribution in [0, 0.1) is 0 Å². The van der Waals surface area contributed by atoms with Gasteiger partial charge in [-0.3, -0.25) is 0 Å². The summed E-state index contributed by atoms with van der Waals surface area (Å²) in [5.74, 6) is 0. The fourth-order valence-corrected chi connectivity index (χ4v) is 2.33. The Morgan fingerprint density at radius 1 is 1.08 bits per heavy atom. The van der Waals surface area contributed by atoms with Crippen molar-refractivity contribution in [3.8, 4) is 0 Å². The third kappa shape index (κ3) is 2.19. The normalized spacial score (nSPS) is 14.3. The minimum Gasteiger partial charge on any atom is -0.392 e. The van der Waals surface area contributed by atoms with Gasteiger partial charge in [0, 0.05) is 0 Å². The van der Waals surface area contributed by atoms with Crippen molar-refractivity contribution in [1.82, 2.24) is 0 Å². The summed E-state index contributed by atoms with van der Waals surface area (Å²) in [6.07, 6.45) is 0. The van der Waals surface area contributed by atoms with Crippen molar-refractivity contribution in [1.29, 1.82) is 0 Å². The number of rotatable bonds is 2. The van der Waals surface area contributed by atoms with Gasteiger partial charge in [-0.1, -0.05) is 50.0 Å². The first-order chi connectivity index (χ1) is 5.52. The Labute approximate surface area is 75.1 Å². The molecule has 0 aliphatic heterocycles. The molecule has 0 saturated heterocycles. The van der Waals surface area contributed by atoms with Crippen molar-refractivity contribution in [2.45, 2.75) is 25.4 Å². The average molecular weight is 180 g/mol. The molecule has 1 N–H and O–H groups in total. The molecule has 0 spiro atoms. The van der Waals surface area contributed by atoms with Gasteiger partial charge in [0.25, 0.3) is 0 Å². The number of hydrogen-bond donors (Lipinski definition) is 1. The summed E-state index contributed by atoms with van der Waals surface area (Å²) in [4.78, 5) is 0. The van der Waals surface area contributed by atoms with E-state index in [0.29, 0.717) is 0 Å². The highest BCUT2D eigenvalue weighted by Gasteiger charge is 2.25. The van der Waals surface area contributed by atoms with E-state index in [0.717, 1.165) is 5.56 Å². The monoisotopic (exact) mass is 180 g/mol. The molecule has 0 amide bonds. The lowest BCUT2D eigenvalue weighted by Gasteiger charge is -2.23. The Bertz CT molecular complexity index is 238. The maximum Gasteiger partial charge on any atom is 0.0838 e. The Hall–Kier alpha value is -0.603. The highest BCUT2D eigenvalue weighted by atomic mass is 28.3. The van der Waals surface area contributed by atoms with Gasteiger partial charge >= 0.3 is 0 Å². The van der Waals surface area contributed by atoms with E-state index in [9.17, 15) is 5.11 Å². The maximum atomic E-state index is 9.92. The summed E-state index contributed by atoms with van der Waals surface area (Å²) in [5.41, 5.74) is 0.815. The van der Waals surface area contributed by atoms with Crippen LogP contribution in [0.3, 0.4) is 0 Å². The van der Waals surface area contributed by atoms with Gasteiger partial charge in [-0.05, 0) is 5.56 Å². The molecule has 1 aromatic carbocycles. The second kappa shape index (κ2) is 3.41. The molecule has 1 atom stereocenters. The molecule has 1 rings (SSSR count). The molecule has 1 nitrogen and oxygen atoms in total. The second-order valence-electron chi connectivity index (χ2n) is 4.18. The van der Waals surface area contributed by atoms with Crippen LogP contribution in [-0.4, -0.2) is 13.2 Å². The fraction of sp³-hybridized carbons (Fsp3) is 0.400. The fourth-order valence-electron chi connectivity index (χ4n) is 1.14. The molecule has 1 aromatic rings. The van der Waals surface area contributed by atoms with Gasteiger partial charge in [-0.25, -0.2) is 0 Å². The Kier molecular flexibility index (Phi) is 2.70. The molecule has 0 aliphatic rings. The Balaban J connectivity index is 2.86. The zero-order chi connectivity index (χ0) is 9.19. The molecule has 0 radical (unpaired) electrons. The van der Waals surface area contributed by atoms with Crippen LogP contribution in [0.4, 0.5) is 0 Å². The summed E-state index contributed by atoms with van der Waals surface area (Å²) in [6, 6.07) is 9.89. The van der Waals surface area contributed by atoms with Crippen LogP contribution in [0.1, 0.15) is 11.3 Å². The molecule has 2 heteroatoms. The molecule has 12 heavy (non-hydrogen) atoms. The van der Waals surface area contributed by atoms with Crippen molar-refractivity contribution in [3.05, 3.63) is 35.9 Å². The first kappa shape index (κ1) is 9.48. The first-order valence-corrected chi connectivity index (χ1v) is 7.82. The van der Waals surface area contributed by atoms with Gasteiger partial charge in [0.1, 0.15) is 0 Å². The minimum absolute atomic E-state index is 0.237. The lowest BCUT2D eigenvalue weighted by Crippen LogP contribution is -2.30. The molecule has 1 unspecified atom stereocenters. The molecular weight excluding hydrogens is 164 g/mol. The average Bonchev–Trinajstić information content (AvgIpc) is 2.03. The topological polar surface area (TPSA) is 20.2 Å². The molecule has 0 aromatic heterocycles. The van der Waals surface area contributed by atoms with Crippen LogP contribution in [-0.2, 0) is 0 Å². The molecular formula is C10H16OSi. The molecule has 0 bridgehead atoms. The summed E-state index contributed by atoms with van der Waals surface area (Å²) in [7, 11) is -1.45. The summed E-state index contributed by atoms with van der Waals surface area (Å²) < 4.78 is 0. The van der Waals surface area contributed by atoms with Crippen molar-refractivity contribution in [3.63, 3.8) is 0 Å². The zero-order valence-electron chi connectivity index (χ0n) is 7.91. The zero-order valence-corrected chi connectivity index (χ0v) is 8.91. The lowest BCUT2D eigenvalue weighted by molar-refractivity contribution is 0.250. The highest BCUT2D eigenvalue weighted by Crippen LogP contribution is 2.23. The third-order valence-corrected chi connectivity index (χ3v) is 3.91. The number of hydrogen-bond acceptors (Lipinski definition) is 1. The summed E-state index contributed by atoms with van der Waals surface area (Å²) in [6.45, 7) is 6.51. The molecule has 0 fully saturated rings. The van der Waals surface area contributed by atoms with Crippen LogP contribution >= 0.6 is 0 Å². The maximum absolute atomic E-state index is 9.92. The van der Waals surface area contributed by atoms with Crippen LogP contribution in [0.2, 0.25) is 19.6 Å². The van der Waals surface area contributed by atoms with E-state index >= 15 is 0 Å². The van der Waals surface area contributed by atoms with E-state index in [1.807, 2.05) is 30.3 Å². The standard InChI is InChI=1S/C10H16OSi/c1-12(2,3)10(11)9-7-5-4-6-8-9/h4-8,10-11H,1-3H3. The van der Waals surface area contributed by atoms with Crippen LogP contribution in [0.5, 0.6) is 0 Å². The van der Waals surface area contributed by atoms with Crippen molar-refractivity contribution in [2.75, 3.05) is 0 Å². The molecule has 0 aliphatic carbocycles. The third-order valence-electron chi connectivity index (χ3n) is 1.94. The van der Waals surface area contributed by atoms with Gasteiger partial charge in [0.05, 0.1) is 13.8 Å².